The Balaban J connectivity index is 2.32. The van der Waals surface area contributed by atoms with Crippen molar-refractivity contribution >= 4 is 29.2 Å². The number of nitrogens with zero attached hydrogens (tertiary/aromatic N) is 1. The van der Waals surface area contributed by atoms with Crippen molar-refractivity contribution in [3.63, 3.8) is 0 Å². The molecule has 0 fully saturated rings. The molecule has 0 aliphatic heterocycles. The van der Waals surface area contributed by atoms with E-state index in [4.69, 9.17) is 33.0 Å². The molecule has 1 aromatic carbocycles. The number of rotatable bonds is 3. The first-order chi connectivity index (χ1) is 8.95. The highest BCUT2D eigenvalue weighted by atomic mass is 35.5. The molecule has 1 heterocycles. The number of benzene rings is 1. The normalized spacial score (nSPS) is 10.3. The van der Waals surface area contributed by atoms with Gasteiger partial charge in [0.1, 0.15) is 10.9 Å². The summed E-state index contributed by atoms with van der Waals surface area (Å²) < 4.78 is 5.47. The molecule has 0 spiro atoms. The molecule has 2 aromatic rings. The van der Waals surface area contributed by atoms with E-state index in [-0.39, 0.29) is 16.6 Å². The summed E-state index contributed by atoms with van der Waals surface area (Å²) in [4.78, 5) is 14.8. The molecule has 0 aliphatic rings. The Labute approximate surface area is 119 Å². The fraction of sp³-hybridized carbons (Fsp3) is 0.0769. The molecule has 6 heteroatoms. The minimum atomic E-state index is -1.10. The summed E-state index contributed by atoms with van der Waals surface area (Å²) in [5, 5.41) is 9.60. The molecule has 0 unspecified atom stereocenters. The van der Waals surface area contributed by atoms with Gasteiger partial charge in [-0.25, -0.2) is 9.78 Å². The van der Waals surface area contributed by atoms with Gasteiger partial charge in [-0.3, -0.25) is 0 Å². The molecule has 19 heavy (non-hydrogen) atoms. The smallest absolute Gasteiger partial charge is 0.335 e. The molecule has 0 radical (unpaired) electrons. The second-order valence-electron chi connectivity index (χ2n) is 3.83. The van der Waals surface area contributed by atoms with E-state index >= 15 is 0 Å². The first kappa shape index (κ1) is 13.6. The summed E-state index contributed by atoms with van der Waals surface area (Å²) in [5.41, 5.74) is 0.861. The zero-order valence-electron chi connectivity index (χ0n) is 9.85. The zero-order chi connectivity index (χ0) is 14.0. The molecule has 0 saturated carbocycles. The summed E-state index contributed by atoms with van der Waals surface area (Å²) in [5.74, 6) is -0.471. The van der Waals surface area contributed by atoms with Crippen LogP contribution in [0.15, 0.2) is 30.3 Å². The Bertz CT molecular complexity index is 644. The summed E-state index contributed by atoms with van der Waals surface area (Å²) in [6.07, 6.45) is 0. The first-order valence-corrected chi connectivity index (χ1v) is 6.06. The average molecular weight is 298 g/mol. The Hall–Kier alpha value is -1.78. The van der Waals surface area contributed by atoms with Crippen LogP contribution < -0.4 is 4.74 Å². The van der Waals surface area contributed by atoms with Gasteiger partial charge < -0.3 is 9.84 Å². The molecule has 0 amide bonds. The van der Waals surface area contributed by atoms with E-state index in [0.29, 0.717) is 10.8 Å². The quantitative estimate of drug-likeness (QED) is 0.863. The molecule has 1 N–H and O–H groups in total. The van der Waals surface area contributed by atoms with Gasteiger partial charge in [0, 0.05) is 11.1 Å². The molecule has 0 aliphatic carbocycles. The SMILES string of the molecule is Cc1cc(Oc2cc(C(=O)O)cc(Cl)n2)ccc1Cl. The van der Waals surface area contributed by atoms with Crippen LogP contribution in [0.2, 0.25) is 10.2 Å². The van der Waals surface area contributed by atoms with E-state index in [9.17, 15) is 4.79 Å². The number of hydrogen-bond acceptors (Lipinski definition) is 3. The maximum absolute atomic E-state index is 10.9. The molecular weight excluding hydrogens is 289 g/mol. The van der Waals surface area contributed by atoms with Crippen molar-refractivity contribution in [2.24, 2.45) is 0 Å². The van der Waals surface area contributed by atoms with Gasteiger partial charge in [-0.15, -0.1) is 0 Å². The molecule has 4 nitrogen and oxygen atoms in total. The van der Waals surface area contributed by atoms with Gasteiger partial charge in [0.15, 0.2) is 0 Å². The molecular formula is C13H9Cl2NO3. The van der Waals surface area contributed by atoms with E-state index in [0.717, 1.165) is 5.56 Å². The number of aryl methyl sites for hydroxylation is 1. The van der Waals surface area contributed by atoms with Crippen LogP contribution in [0, 0.1) is 6.92 Å². The van der Waals surface area contributed by atoms with Gasteiger partial charge in [-0.2, -0.15) is 0 Å². The number of aromatic nitrogens is 1. The fourth-order valence-corrected chi connectivity index (χ4v) is 1.77. The topological polar surface area (TPSA) is 59.4 Å². The third kappa shape index (κ3) is 3.36. The van der Waals surface area contributed by atoms with E-state index < -0.39 is 5.97 Å². The zero-order valence-corrected chi connectivity index (χ0v) is 11.4. The van der Waals surface area contributed by atoms with Crippen LogP contribution in [-0.4, -0.2) is 16.1 Å². The van der Waals surface area contributed by atoms with Gasteiger partial charge in [0.05, 0.1) is 5.56 Å². The summed E-state index contributed by atoms with van der Waals surface area (Å²) in [7, 11) is 0. The third-order valence-electron chi connectivity index (χ3n) is 2.37. The van der Waals surface area contributed by atoms with E-state index in [1.165, 1.54) is 12.1 Å². The number of ether oxygens (including phenoxy) is 1. The maximum Gasteiger partial charge on any atom is 0.335 e. The second-order valence-corrected chi connectivity index (χ2v) is 4.63. The van der Waals surface area contributed by atoms with Crippen LogP contribution in [0.1, 0.15) is 15.9 Å². The number of carboxylic acid groups (broad SMARTS) is 1. The van der Waals surface area contributed by atoms with Crippen LogP contribution in [0.3, 0.4) is 0 Å². The lowest BCUT2D eigenvalue weighted by molar-refractivity contribution is 0.0696. The highest BCUT2D eigenvalue weighted by molar-refractivity contribution is 6.31. The highest BCUT2D eigenvalue weighted by Crippen LogP contribution is 2.26. The van der Waals surface area contributed by atoms with Gasteiger partial charge in [-0.1, -0.05) is 23.2 Å². The van der Waals surface area contributed by atoms with Crippen LogP contribution in [0.25, 0.3) is 0 Å². The Morgan fingerprint density at radius 1 is 1.26 bits per heavy atom. The predicted molar refractivity (Wildman–Crippen MR) is 72.5 cm³/mol. The average Bonchev–Trinajstić information content (AvgIpc) is 2.33. The van der Waals surface area contributed by atoms with Crippen LogP contribution in [0.4, 0.5) is 0 Å². The van der Waals surface area contributed by atoms with Gasteiger partial charge in [-0.05, 0) is 36.8 Å². The van der Waals surface area contributed by atoms with E-state index in [2.05, 4.69) is 4.98 Å². The minimum absolute atomic E-state index is 0.0145. The Morgan fingerprint density at radius 2 is 2.00 bits per heavy atom. The lowest BCUT2D eigenvalue weighted by Gasteiger charge is -2.07. The number of carbonyl (C=O) groups is 1. The summed E-state index contributed by atoms with van der Waals surface area (Å²) in [6, 6.07) is 7.64. The van der Waals surface area contributed by atoms with Crippen LogP contribution in [-0.2, 0) is 0 Å². The number of pyridine rings is 1. The van der Waals surface area contributed by atoms with Crippen molar-refractivity contribution < 1.29 is 14.6 Å². The number of hydrogen-bond donors (Lipinski definition) is 1. The maximum atomic E-state index is 10.9. The summed E-state index contributed by atoms with van der Waals surface area (Å²) >= 11 is 11.6. The van der Waals surface area contributed by atoms with Gasteiger partial charge in [0.2, 0.25) is 5.88 Å². The van der Waals surface area contributed by atoms with Crippen molar-refractivity contribution in [2.45, 2.75) is 6.92 Å². The lowest BCUT2D eigenvalue weighted by atomic mass is 10.2. The second kappa shape index (κ2) is 5.47. The number of carboxylic acids is 1. The molecule has 1 aromatic heterocycles. The van der Waals surface area contributed by atoms with Crippen LogP contribution in [0.5, 0.6) is 11.6 Å². The Morgan fingerprint density at radius 3 is 2.63 bits per heavy atom. The fourth-order valence-electron chi connectivity index (χ4n) is 1.45. The van der Waals surface area contributed by atoms with Crippen molar-refractivity contribution in [1.29, 1.82) is 0 Å². The monoisotopic (exact) mass is 297 g/mol. The van der Waals surface area contributed by atoms with Gasteiger partial charge >= 0.3 is 5.97 Å². The number of halogens is 2. The standard InChI is InChI=1S/C13H9Cl2NO3/c1-7-4-9(2-3-10(7)14)19-12-6-8(13(17)18)5-11(15)16-12/h2-6H,1H3,(H,17,18). The Kier molecular flexibility index (Phi) is 3.93. The van der Waals surface area contributed by atoms with Gasteiger partial charge in [0.25, 0.3) is 0 Å². The van der Waals surface area contributed by atoms with E-state index in [1.54, 1.807) is 18.2 Å². The highest BCUT2D eigenvalue weighted by Gasteiger charge is 2.09. The predicted octanol–water partition coefficient (Wildman–Crippen LogP) is 4.19. The van der Waals surface area contributed by atoms with Crippen molar-refractivity contribution in [2.75, 3.05) is 0 Å². The molecule has 2 rings (SSSR count). The number of aromatic carboxylic acids is 1. The largest absolute Gasteiger partial charge is 0.478 e. The molecule has 0 atom stereocenters. The van der Waals surface area contributed by atoms with E-state index in [1.807, 2.05) is 6.92 Å². The molecule has 0 saturated heterocycles. The first-order valence-electron chi connectivity index (χ1n) is 5.30. The van der Waals surface area contributed by atoms with Crippen molar-refractivity contribution in [3.8, 4) is 11.6 Å². The molecule has 98 valence electrons. The lowest BCUT2D eigenvalue weighted by Crippen LogP contribution is -1.98. The minimum Gasteiger partial charge on any atom is -0.478 e. The third-order valence-corrected chi connectivity index (χ3v) is 2.99. The molecule has 0 bridgehead atoms. The summed E-state index contributed by atoms with van der Waals surface area (Å²) in [6.45, 7) is 1.84. The van der Waals surface area contributed by atoms with Crippen LogP contribution >= 0.6 is 23.2 Å². The van der Waals surface area contributed by atoms with Crippen molar-refractivity contribution in [3.05, 3.63) is 51.6 Å². The van der Waals surface area contributed by atoms with Crippen molar-refractivity contribution in [1.82, 2.24) is 4.98 Å².